The Balaban J connectivity index is 0.000000320. The summed E-state index contributed by atoms with van der Waals surface area (Å²) in [4.78, 5) is 33.8. The molecular weight excluding hydrogens is 494 g/mol. The molecule has 2 saturated heterocycles. The van der Waals surface area contributed by atoms with Crippen molar-refractivity contribution in [2.45, 2.75) is 61.4 Å². The lowest BCUT2D eigenvalue weighted by Gasteiger charge is -2.39. The Bertz CT molecular complexity index is 660. The first-order valence-corrected chi connectivity index (χ1v) is 11.7. The molecule has 0 aromatic carbocycles. The molecule has 0 bridgehead atoms. The number of rotatable bonds is 6. The Kier molecular flexibility index (Phi) is 11.2. The molecule has 2 heterocycles. The zero-order chi connectivity index (χ0) is 25.0. The van der Waals surface area contributed by atoms with Crippen molar-refractivity contribution in [3.8, 4) is 0 Å². The SMILES string of the molecule is O=P(O)(O)OC[C@H]1O[C@H](O)[C@H](O)[C@@H](O)[C@@H]1O.O=P(O)(O)O[C@H]1O[C@H](CO)[C@@H](O)[C@H](O)[C@H]1O. The Morgan fingerprint density at radius 3 is 1.62 bits per heavy atom. The minimum absolute atomic E-state index is 0.702. The van der Waals surface area contributed by atoms with Crippen molar-refractivity contribution < 1.29 is 88.1 Å². The first-order chi connectivity index (χ1) is 14.5. The van der Waals surface area contributed by atoms with Crippen molar-refractivity contribution in [2.24, 2.45) is 0 Å². The highest BCUT2D eigenvalue weighted by atomic mass is 31.2. The van der Waals surface area contributed by atoms with E-state index in [4.69, 9.17) is 34.9 Å². The van der Waals surface area contributed by atoms with Crippen LogP contribution in [0.15, 0.2) is 0 Å². The molecule has 0 amide bonds. The fraction of sp³-hybridized carbons (Fsp3) is 1.00. The van der Waals surface area contributed by atoms with Gasteiger partial charge in [-0.15, -0.1) is 0 Å². The summed E-state index contributed by atoms with van der Waals surface area (Å²) in [5.74, 6) is 0. The summed E-state index contributed by atoms with van der Waals surface area (Å²) in [6.07, 6.45) is -16.4. The monoisotopic (exact) mass is 520 g/mol. The van der Waals surface area contributed by atoms with Crippen molar-refractivity contribution in [1.82, 2.24) is 0 Å². The van der Waals surface area contributed by atoms with Crippen LogP contribution in [0.3, 0.4) is 0 Å². The summed E-state index contributed by atoms with van der Waals surface area (Å²) in [5.41, 5.74) is 0. The summed E-state index contributed by atoms with van der Waals surface area (Å²) in [6.45, 7) is -1.43. The number of hydrogen-bond acceptors (Lipinski definition) is 14. The van der Waals surface area contributed by atoms with Crippen LogP contribution in [0.1, 0.15) is 0 Å². The molecule has 0 saturated carbocycles. The van der Waals surface area contributed by atoms with E-state index in [2.05, 4.69) is 18.5 Å². The van der Waals surface area contributed by atoms with Gasteiger partial charge in [0.2, 0.25) is 0 Å². The van der Waals surface area contributed by atoms with Gasteiger partial charge in [-0.25, -0.2) is 9.13 Å². The molecule has 0 spiro atoms. The second kappa shape index (κ2) is 12.0. The Morgan fingerprint density at radius 2 is 1.16 bits per heavy atom. The maximum absolute atomic E-state index is 10.5. The molecule has 0 aromatic heterocycles. The minimum atomic E-state index is -4.91. The van der Waals surface area contributed by atoms with E-state index in [9.17, 15) is 34.7 Å². The zero-order valence-electron chi connectivity index (χ0n) is 15.9. The lowest BCUT2D eigenvalue weighted by atomic mass is 10.00. The van der Waals surface area contributed by atoms with E-state index in [-0.39, 0.29) is 0 Å². The Morgan fingerprint density at radius 1 is 0.656 bits per heavy atom. The second-order valence-electron chi connectivity index (χ2n) is 6.62. The van der Waals surface area contributed by atoms with Gasteiger partial charge in [0.25, 0.3) is 0 Å². The maximum atomic E-state index is 10.5. The topological polar surface area (TPSA) is 314 Å². The summed E-state index contributed by atoms with van der Waals surface area (Å²) >= 11 is 0. The molecule has 32 heavy (non-hydrogen) atoms. The first-order valence-electron chi connectivity index (χ1n) is 8.60. The molecule has 2 rings (SSSR count). The van der Waals surface area contributed by atoms with E-state index in [0.717, 1.165) is 0 Å². The molecule has 2 aliphatic heterocycles. The molecule has 0 radical (unpaired) electrons. The standard InChI is InChI=1S/2C6H13O9P/c7-3-2(1-14-16(11,12)13)15-6(10)5(9)4(3)8;7-1-2-3(8)4(9)5(10)6(14-2)15-16(11,12)13/h2*2-10H,1H2,(H2,11,12,13)/t2-,3-,4+,5-,6+;2-,3-,4+,5-,6-/m11/s1. The number of hydrogen-bond donors (Lipinski definition) is 12. The number of ether oxygens (including phenoxy) is 2. The third-order valence-electron chi connectivity index (χ3n) is 4.18. The van der Waals surface area contributed by atoms with Gasteiger partial charge in [-0.2, -0.15) is 0 Å². The van der Waals surface area contributed by atoms with Crippen LogP contribution < -0.4 is 0 Å². The van der Waals surface area contributed by atoms with Crippen molar-refractivity contribution >= 4 is 15.6 Å². The summed E-state index contributed by atoms with van der Waals surface area (Å²) in [5, 5.41) is 73.4. The molecule has 20 heteroatoms. The molecule has 0 aromatic rings. The quantitative estimate of drug-likeness (QED) is 0.145. The van der Waals surface area contributed by atoms with Crippen molar-refractivity contribution in [1.29, 1.82) is 0 Å². The van der Waals surface area contributed by atoms with Crippen LogP contribution in [0.25, 0.3) is 0 Å². The largest absolute Gasteiger partial charge is 0.472 e. The van der Waals surface area contributed by atoms with E-state index in [1.54, 1.807) is 0 Å². The fourth-order valence-electron chi connectivity index (χ4n) is 2.53. The lowest BCUT2D eigenvalue weighted by molar-refractivity contribution is -0.285. The van der Waals surface area contributed by atoms with E-state index in [1.165, 1.54) is 0 Å². The van der Waals surface area contributed by atoms with Gasteiger partial charge < -0.3 is 69.9 Å². The van der Waals surface area contributed by atoms with Crippen LogP contribution in [0, 0.1) is 0 Å². The van der Waals surface area contributed by atoms with Gasteiger partial charge in [0.15, 0.2) is 12.6 Å². The van der Waals surface area contributed by atoms with E-state index < -0.39 is 90.3 Å². The van der Waals surface area contributed by atoms with Gasteiger partial charge >= 0.3 is 15.6 Å². The highest BCUT2D eigenvalue weighted by Gasteiger charge is 2.46. The highest BCUT2D eigenvalue weighted by Crippen LogP contribution is 2.40. The van der Waals surface area contributed by atoms with Crippen molar-refractivity contribution in [3.05, 3.63) is 0 Å². The Hall–Kier alpha value is -0.180. The molecule has 2 aliphatic rings. The van der Waals surface area contributed by atoms with Gasteiger partial charge in [-0.3, -0.25) is 9.05 Å². The highest BCUT2D eigenvalue weighted by molar-refractivity contribution is 7.46. The van der Waals surface area contributed by atoms with Crippen molar-refractivity contribution in [3.63, 3.8) is 0 Å². The van der Waals surface area contributed by atoms with Gasteiger partial charge in [-0.1, -0.05) is 0 Å². The average molecular weight is 520 g/mol. The molecule has 10 atom stereocenters. The summed E-state index contributed by atoms with van der Waals surface area (Å²) in [7, 11) is -9.64. The molecule has 0 unspecified atom stereocenters. The van der Waals surface area contributed by atoms with E-state index in [0.29, 0.717) is 0 Å². The van der Waals surface area contributed by atoms with E-state index in [1.807, 2.05) is 0 Å². The van der Waals surface area contributed by atoms with Crippen LogP contribution in [0.4, 0.5) is 0 Å². The second-order valence-corrected chi connectivity index (χ2v) is 9.05. The molecule has 2 fully saturated rings. The normalized spacial score (nSPS) is 41.0. The van der Waals surface area contributed by atoms with Gasteiger partial charge in [-0.05, 0) is 0 Å². The first kappa shape index (κ1) is 29.9. The van der Waals surface area contributed by atoms with Crippen LogP contribution in [0.2, 0.25) is 0 Å². The molecule has 192 valence electrons. The van der Waals surface area contributed by atoms with E-state index >= 15 is 0 Å². The van der Waals surface area contributed by atoms with Gasteiger partial charge in [0.1, 0.15) is 48.8 Å². The third-order valence-corrected chi connectivity index (χ3v) is 5.15. The zero-order valence-corrected chi connectivity index (χ0v) is 17.7. The maximum Gasteiger partial charge on any atom is 0.472 e. The number of phosphoric acid groups is 2. The predicted octanol–water partition coefficient (Wildman–Crippen LogP) is -6.21. The van der Waals surface area contributed by atoms with Crippen LogP contribution in [0.5, 0.6) is 0 Å². The lowest BCUT2D eigenvalue weighted by Crippen LogP contribution is -2.58. The van der Waals surface area contributed by atoms with Gasteiger partial charge in [0.05, 0.1) is 13.2 Å². The average Bonchev–Trinajstić information content (AvgIpc) is 2.67. The summed E-state index contributed by atoms with van der Waals surface area (Å²) < 4.78 is 38.3. The van der Waals surface area contributed by atoms with Crippen LogP contribution in [-0.4, -0.2) is 135 Å². The third kappa shape index (κ3) is 8.88. The fourth-order valence-corrected chi connectivity index (χ4v) is 3.32. The smallest absolute Gasteiger partial charge is 0.394 e. The number of aliphatic hydroxyl groups excluding tert-OH is 8. The number of aliphatic hydroxyl groups is 8. The molecule has 12 N–H and O–H groups in total. The molecule has 18 nitrogen and oxygen atoms in total. The molecular formula is C12H26O18P2. The summed E-state index contributed by atoms with van der Waals surface area (Å²) in [6, 6.07) is 0. The predicted molar refractivity (Wildman–Crippen MR) is 93.8 cm³/mol. The van der Waals surface area contributed by atoms with Gasteiger partial charge in [0, 0.05) is 0 Å². The minimum Gasteiger partial charge on any atom is -0.394 e. The Labute approximate surface area is 179 Å². The molecule has 0 aliphatic carbocycles. The number of phosphoric ester groups is 2. The van der Waals surface area contributed by atoms with Crippen molar-refractivity contribution in [2.75, 3.05) is 13.2 Å². The van der Waals surface area contributed by atoms with Crippen LogP contribution in [-0.2, 0) is 27.7 Å². The van der Waals surface area contributed by atoms with Crippen LogP contribution >= 0.6 is 15.6 Å².